The number of halogens is 2. The average molecular weight is 402 g/mol. The fourth-order valence-electron chi connectivity index (χ4n) is 2.75. The maximum atomic E-state index is 13.4. The van der Waals surface area contributed by atoms with E-state index in [0.29, 0.717) is 22.5 Å². The number of aromatic nitrogens is 2. The van der Waals surface area contributed by atoms with Crippen molar-refractivity contribution in [1.82, 2.24) is 14.7 Å². The third kappa shape index (κ3) is 3.64. The van der Waals surface area contributed by atoms with Crippen molar-refractivity contribution < 1.29 is 13.9 Å². The molecular weight excluding hydrogens is 381 g/mol. The molecule has 1 saturated heterocycles. The van der Waals surface area contributed by atoms with Crippen LogP contribution in [0.15, 0.2) is 4.60 Å². The summed E-state index contributed by atoms with van der Waals surface area (Å²) in [4.78, 5) is 17.2. The number of ether oxygens (including phenoxy) is 1. The molecule has 0 bridgehead atoms. The van der Waals surface area contributed by atoms with Crippen molar-refractivity contribution in [3.8, 4) is 0 Å². The maximum absolute atomic E-state index is 13.4. The van der Waals surface area contributed by atoms with E-state index < -0.39 is 24.4 Å². The lowest BCUT2D eigenvalue weighted by Crippen LogP contribution is -2.40. The van der Waals surface area contributed by atoms with E-state index in [1.165, 1.54) is 4.90 Å². The minimum absolute atomic E-state index is 0.229. The molecule has 1 aromatic rings. The van der Waals surface area contributed by atoms with Crippen molar-refractivity contribution in [1.29, 1.82) is 0 Å². The fraction of sp³-hybridized carbons (Fsp3) is 0.667. The number of nitrogens with zero attached hydrogens (tertiary/aromatic N) is 4. The van der Waals surface area contributed by atoms with Crippen LogP contribution in [0.4, 0.5) is 20.7 Å². The standard InChI is InChI=1S/C15H21BrFN5O2/c1-15(2,3)24-14(23)21-8-10(6-9(21)7-17)22-13(19-5)11(18-4)12(16)20-22/h9-10,19H,6-8H2,1-3,5H3/t9-,10-/m0/s1. The molecule has 24 heavy (non-hydrogen) atoms. The van der Waals surface area contributed by atoms with Gasteiger partial charge in [-0.2, -0.15) is 5.10 Å². The number of hydrogen-bond acceptors (Lipinski definition) is 4. The second-order valence-corrected chi connectivity index (χ2v) is 7.38. The average Bonchev–Trinajstić information content (AvgIpc) is 3.05. The number of rotatable bonds is 3. The predicted octanol–water partition coefficient (Wildman–Crippen LogP) is 3.76. The highest BCUT2D eigenvalue weighted by Gasteiger charge is 2.39. The summed E-state index contributed by atoms with van der Waals surface area (Å²) in [5.74, 6) is 0.547. The third-order valence-electron chi connectivity index (χ3n) is 3.74. The van der Waals surface area contributed by atoms with Crippen molar-refractivity contribution in [3.05, 3.63) is 16.0 Å². The molecule has 0 radical (unpaired) electrons. The SMILES string of the molecule is [C-]#[N+]c1c(Br)nn([C@H]2C[C@@H](CF)N(C(=O)OC(C)(C)C)C2)c1NC. The van der Waals surface area contributed by atoms with E-state index in [2.05, 4.69) is 31.2 Å². The Hall–Kier alpha value is -1.82. The molecule has 1 aromatic heterocycles. The highest BCUT2D eigenvalue weighted by atomic mass is 79.9. The smallest absolute Gasteiger partial charge is 0.410 e. The zero-order valence-corrected chi connectivity index (χ0v) is 15.7. The normalized spacial score (nSPS) is 20.8. The molecule has 0 aromatic carbocycles. The summed E-state index contributed by atoms with van der Waals surface area (Å²) in [5.41, 5.74) is -0.275. The number of alkyl halides is 1. The Bertz CT molecular complexity index is 664. The van der Waals surface area contributed by atoms with Crippen LogP contribution in [0.2, 0.25) is 0 Å². The molecule has 2 heterocycles. The Morgan fingerprint density at radius 1 is 1.58 bits per heavy atom. The first-order chi connectivity index (χ1) is 11.2. The van der Waals surface area contributed by atoms with Crippen LogP contribution in [-0.4, -0.2) is 52.7 Å². The third-order valence-corrected chi connectivity index (χ3v) is 4.27. The largest absolute Gasteiger partial charge is 0.444 e. The molecule has 1 aliphatic rings. The van der Waals surface area contributed by atoms with Crippen LogP contribution in [0.3, 0.4) is 0 Å². The Kier molecular flexibility index (Phi) is 5.38. The lowest BCUT2D eigenvalue weighted by atomic mass is 10.2. The first-order valence-electron chi connectivity index (χ1n) is 7.60. The van der Waals surface area contributed by atoms with Crippen molar-refractivity contribution in [3.63, 3.8) is 0 Å². The van der Waals surface area contributed by atoms with Crippen LogP contribution in [0.25, 0.3) is 4.85 Å². The van der Waals surface area contributed by atoms with Gasteiger partial charge in [-0.3, -0.25) is 4.68 Å². The first kappa shape index (κ1) is 18.5. The molecule has 1 aliphatic heterocycles. The van der Waals surface area contributed by atoms with E-state index in [1.54, 1.807) is 32.5 Å². The van der Waals surface area contributed by atoms with Gasteiger partial charge in [0.15, 0.2) is 0 Å². The molecule has 7 nitrogen and oxygen atoms in total. The molecule has 132 valence electrons. The zero-order chi connectivity index (χ0) is 18.1. The van der Waals surface area contributed by atoms with Crippen molar-refractivity contribution in [2.75, 3.05) is 25.6 Å². The van der Waals surface area contributed by atoms with Gasteiger partial charge in [0.05, 0.1) is 18.7 Å². The molecule has 9 heteroatoms. The number of carbonyl (C=O) groups is 1. The van der Waals surface area contributed by atoms with E-state index in [-0.39, 0.29) is 12.6 Å². The number of hydrogen-bond donors (Lipinski definition) is 1. The molecule has 0 saturated carbocycles. The number of nitrogens with one attached hydrogen (secondary N) is 1. The summed E-state index contributed by atoms with van der Waals surface area (Å²) in [7, 11) is 1.70. The maximum Gasteiger partial charge on any atom is 0.410 e. The van der Waals surface area contributed by atoms with Gasteiger partial charge in [0.2, 0.25) is 0 Å². The topological polar surface area (TPSA) is 63.8 Å². The van der Waals surface area contributed by atoms with E-state index >= 15 is 0 Å². The van der Waals surface area contributed by atoms with E-state index in [0.717, 1.165) is 0 Å². The van der Waals surface area contributed by atoms with Gasteiger partial charge in [-0.1, -0.05) is 0 Å². The Labute approximate surface area is 149 Å². The summed E-state index contributed by atoms with van der Waals surface area (Å²) in [6.07, 6.45) is -0.119. The number of anilines is 1. The van der Waals surface area contributed by atoms with E-state index in [1.807, 2.05) is 0 Å². The van der Waals surface area contributed by atoms with Crippen molar-refractivity contribution in [2.45, 2.75) is 44.9 Å². The summed E-state index contributed by atoms with van der Waals surface area (Å²) in [6.45, 7) is 12.2. The van der Waals surface area contributed by atoms with Gasteiger partial charge >= 0.3 is 6.09 Å². The highest BCUT2D eigenvalue weighted by Crippen LogP contribution is 2.38. The van der Waals surface area contributed by atoms with Gasteiger partial charge in [-0.25, -0.2) is 14.0 Å². The molecule has 1 amide bonds. The van der Waals surface area contributed by atoms with Gasteiger partial charge in [0.1, 0.15) is 22.7 Å². The quantitative estimate of drug-likeness (QED) is 0.783. The molecule has 2 atom stereocenters. The predicted molar refractivity (Wildman–Crippen MR) is 92.1 cm³/mol. The van der Waals surface area contributed by atoms with Crippen LogP contribution in [0, 0.1) is 6.57 Å². The molecule has 0 unspecified atom stereocenters. The summed E-state index contributed by atoms with van der Waals surface area (Å²) >= 11 is 3.27. The highest BCUT2D eigenvalue weighted by molar-refractivity contribution is 9.10. The molecule has 2 rings (SSSR count). The summed E-state index contributed by atoms with van der Waals surface area (Å²) in [5, 5.41) is 7.28. The Morgan fingerprint density at radius 2 is 2.25 bits per heavy atom. The molecule has 0 aliphatic carbocycles. The van der Waals surface area contributed by atoms with E-state index in [4.69, 9.17) is 11.3 Å². The number of carbonyl (C=O) groups excluding carboxylic acids is 1. The first-order valence-corrected chi connectivity index (χ1v) is 8.40. The lowest BCUT2D eigenvalue weighted by Gasteiger charge is -2.27. The monoisotopic (exact) mass is 401 g/mol. The molecule has 0 spiro atoms. The zero-order valence-electron chi connectivity index (χ0n) is 14.1. The van der Waals surface area contributed by atoms with Crippen molar-refractivity contribution in [2.24, 2.45) is 0 Å². The lowest BCUT2D eigenvalue weighted by molar-refractivity contribution is 0.0203. The van der Waals surface area contributed by atoms with Crippen LogP contribution < -0.4 is 5.32 Å². The van der Waals surface area contributed by atoms with Gasteiger partial charge in [-0.15, -0.1) is 0 Å². The second kappa shape index (κ2) is 6.97. The fourth-order valence-corrected chi connectivity index (χ4v) is 3.20. The Morgan fingerprint density at radius 3 is 2.75 bits per heavy atom. The van der Waals surface area contributed by atoms with Gasteiger partial charge < -0.3 is 15.0 Å². The van der Waals surface area contributed by atoms with Gasteiger partial charge in [0, 0.05) is 13.6 Å². The minimum Gasteiger partial charge on any atom is -0.444 e. The van der Waals surface area contributed by atoms with Crippen molar-refractivity contribution >= 4 is 33.5 Å². The van der Waals surface area contributed by atoms with Crippen LogP contribution in [0.1, 0.15) is 33.2 Å². The van der Waals surface area contributed by atoms with Crippen LogP contribution >= 0.6 is 15.9 Å². The van der Waals surface area contributed by atoms with Gasteiger partial charge in [-0.05, 0) is 43.1 Å². The molecule has 1 fully saturated rings. The van der Waals surface area contributed by atoms with Gasteiger partial charge in [0.25, 0.3) is 5.69 Å². The minimum atomic E-state index is -0.650. The van der Waals surface area contributed by atoms with Crippen LogP contribution in [-0.2, 0) is 4.74 Å². The number of amides is 1. The second-order valence-electron chi connectivity index (χ2n) is 6.62. The Balaban J connectivity index is 2.26. The number of likely N-dealkylation sites (tertiary alicyclic amines) is 1. The van der Waals surface area contributed by atoms with E-state index in [9.17, 15) is 9.18 Å². The van der Waals surface area contributed by atoms with Crippen LogP contribution in [0.5, 0.6) is 0 Å². The summed E-state index contributed by atoms with van der Waals surface area (Å²) < 4.78 is 20.8. The summed E-state index contributed by atoms with van der Waals surface area (Å²) in [6, 6.07) is -0.790. The molecule has 1 N–H and O–H groups in total. The molecular formula is C15H21BrFN5O2.